The highest BCUT2D eigenvalue weighted by Gasteiger charge is 2.42. The van der Waals surface area contributed by atoms with Gasteiger partial charge in [-0.3, -0.25) is 4.79 Å². The van der Waals surface area contributed by atoms with Crippen LogP contribution >= 0.6 is 0 Å². The molecule has 1 N–H and O–H groups in total. The Hall–Kier alpha value is -2.19. The number of hydrogen-bond donors (Lipinski definition) is 1. The van der Waals surface area contributed by atoms with E-state index in [1.54, 1.807) is 49.4 Å². The molecule has 0 saturated carbocycles. The molecule has 0 heterocycles. The number of rotatable bonds is 5. The van der Waals surface area contributed by atoms with Crippen LogP contribution in [0.1, 0.15) is 22.8 Å². The van der Waals surface area contributed by atoms with Crippen molar-refractivity contribution in [1.29, 1.82) is 0 Å². The molecular weight excluding hydrogens is 248 g/mol. The Morgan fingerprint density at radius 3 is 2.10 bits per heavy atom. The second-order valence-electron chi connectivity index (χ2n) is 4.85. The summed E-state index contributed by atoms with van der Waals surface area (Å²) in [5.74, 6) is -0.700. The Labute approximate surface area is 119 Å². The molecule has 0 saturated heterocycles. The number of carbonyl (C=O) groups is 1. The summed E-state index contributed by atoms with van der Waals surface area (Å²) in [4.78, 5) is 12.8. The molecule has 20 heavy (non-hydrogen) atoms. The first-order valence-corrected chi connectivity index (χ1v) is 6.61. The molecule has 0 fully saturated rings. The lowest BCUT2D eigenvalue weighted by molar-refractivity contribution is 0.0100. The van der Waals surface area contributed by atoms with Crippen molar-refractivity contribution in [3.63, 3.8) is 0 Å². The van der Waals surface area contributed by atoms with E-state index < -0.39 is 11.5 Å². The predicted molar refractivity (Wildman–Crippen MR) is 80.5 cm³/mol. The molecule has 2 atom stereocenters. The molecule has 0 radical (unpaired) electrons. The highest BCUT2D eigenvalue weighted by atomic mass is 16.3. The Morgan fingerprint density at radius 2 is 1.60 bits per heavy atom. The molecule has 0 aliphatic heterocycles. The van der Waals surface area contributed by atoms with Crippen LogP contribution in [0, 0.1) is 5.92 Å². The number of carbonyl (C=O) groups excluding carboxylic acids is 1. The number of hydrogen-bond acceptors (Lipinski definition) is 2. The van der Waals surface area contributed by atoms with Gasteiger partial charge in [0.25, 0.3) is 0 Å². The molecule has 2 nitrogen and oxygen atoms in total. The van der Waals surface area contributed by atoms with Crippen molar-refractivity contribution in [1.82, 2.24) is 0 Å². The van der Waals surface area contributed by atoms with Crippen LogP contribution in [0.5, 0.6) is 0 Å². The van der Waals surface area contributed by atoms with Gasteiger partial charge in [-0.25, -0.2) is 0 Å². The van der Waals surface area contributed by atoms with Gasteiger partial charge in [0, 0.05) is 11.5 Å². The second-order valence-corrected chi connectivity index (χ2v) is 4.85. The highest BCUT2D eigenvalue weighted by Crippen LogP contribution is 2.34. The second kappa shape index (κ2) is 5.85. The van der Waals surface area contributed by atoms with Gasteiger partial charge in [0.2, 0.25) is 0 Å². The zero-order valence-corrected chi connectivity index (χ0v) is 11.5. The fourth-order valence-electron chi connectivity index (χ4n) is 2.27. The molecule has 2 aromatic rings. The maximum atomic E-state index is 12.8. The van der Waals surface area contributed by atoms with Gasteiger partial charge in [-0.05, 0) is 5.56 Å². The summed E-state index contributed by atoms with van der Waals surface area (Å²) in [7, 11) is 0. The summed E-state index contributed by atoms with van der Waals surface area (Å²) < 4.78 is 0. The van der Waals surface area contributed by atoms with Gasteiger partial charge in [0.05, 0.1) is 0 Å². The predicted octanol–water partition coefficient (Wildman–Crippen LogP) is 3.58. The van der Waals surface area contributed by atoms with Crippen LogP contribution in [0.2, 0.25) is 0 Å². The molecule has 0 amide bonds. The first kappa shape index (κ1) is 14.2. The van der Waals surface area contributed by atoms with Crippen LogP contribution in [-0.2, 0) is 5.60 Å². The number of benzene rings is 2. The molecule has 0 spiro atoms. The Morgan fingerprint density at radius 1 is 1.10 bits per heavy atom. The fourth-order valence-corrected chi connectivity index (χ4v) is 2.27. The van der Waals surface area contributed by atoms with Gasteiger partial charge < -0.3 is 5.11 Å². The maximum absolute atomic E-state index is 12.8. The largest absolute Gasteiger partial charge is 0.376 e. The molecule has 0 aromatic heterocycles. The van der Waals surface area contributed by atoms with Crippen molar-refractivity contribution in [3.8, 4) is 0 Å². The Kier molecular flexibility index (Phi) is 4.16. The lowest BCUT2D eigenvalue weighted by Gasteiger charge is -2.31. The van der Waals surface area contributed by atoms with E-state index in [9.17, 15) is 9.90 Å². The zero-order valence-electron chi connectivity index (χ0n) is 11.5. The number of Topliss-reactive ketones (excluding diaryl/α,β-unsaturated/α-hetero) is 1. The van der Waals surface area contributed by atoms with Crippen molar-refractivity contribution in [2.45, 2.75) is 12.5 Å². The van der Waals surface area contributed by atoms with Crippen molar-refractivity contribution in [2.75, 3.05) is 0 Å². The van der Waals surface area contributed by atoms with E-state index in [2.05, 4.69) is 6.58 Å². The van der Waals surface area contributed by atoms with E-state index in [1.807, 2.05) is 24.3 Å². The van der Waals surface area contributed by atoms with Crippen molar-refractivity contribution in [3.05, 3.63) is 84.4 Å². The average Bonchev–Trinajstić information content (AvgIpc) is 2.54. The Bertz CT molecular complexity index is 589. The minimum absolute atomic E-state index is 0.309. The topological polar surface area (TPSA) is 37.3 Å². The first-order chi connectivity index (χ1) is 9.60. The van der Waals surface area contributed by atoms with Gasteiger partial charge in [-0.15, -0.1) is 6.58 Å². The van der Waals surface area contributed by atoms with E-state index >= 15 is 0 Å². The third-order valence-electron chi connectivity index (χ3n) is 3.61. The summed E-state index contributed by atoms with van der Waals surface area (Å²) in [6.45, 7) is 5.51. The number of ketones is 1. The van der Waals surface area contributed by atoms with E-state index in [0.717, 1.165) is 0 Å². The van der Waals surface area contributed by atoms with Gasteiger partial charge in [-0.2, -0.15) is 0 Å². The first-order valence-electron chi connectivity index (χ1n) is 6.61. The van der Waals surface area contributed by atoms with Gasteiger partial charge in [0.1, 0.15) is 0 Å². The molecule has 0 unspecified atom stereocenters. The average molecular weight is 266 g/mol. The summed E-state index contributed by atoms with van der Waals surface area (Å²) >= 11 is 0. The summed E-state index contributed by atoms with van der Waals surface area (Å²) in [6.07, 6.45) is 1.60. The molecule has 0 aliphatic carbocycles. The van der Waals surface area contributed by atoms with Crippen LogP contribution < -0.4 is 0 Å². The standard InChI is InChI=1S/C18H18O2/c1-3-14(2)18(20,16-12-8-5-9-13-16)17(19)15-10-6-4-7-11-15/h3-14,20H,1H2,2H3/t14-,18+/m0/s1. The molecule has 102 valence electrons. The van der Waals surface area contributed by atoms with Crippen LogP contribution in [0.15, 0.2) is 73.3 Å². The van der Waals surface area contributed by atoms with Gasteiger partial charge in [0.15, 0.2) is 11.4 Å². The highest BCUT2D eigenvalue weighted by molar-refractivity contribution is 6.03. The van der Waals surface area contributed by atoms with E-state index in [1.165, 1.54) is 0 Å². The molecule has 0 bridgehead atoms. The lowest BCUT2D eigenvalue weighted by Crippen LogP contribution is -2.41. The minimum Gasteiger partial charge on any atom is -0.376 e. The summed E-state index contributed by atoms with van der Waals surface area (Å²) in [5, 5.41) is 11.1. The molecule has 2 aromatic carbocycles. The number of aliphatic hydroxyl groups is 1. The summed E-state index contributed by atoms with van der Waals surface area (Å²) in [6, 6.07) is 17.9. The lowest BCUT2D eigenvalue weighted by atomic mass is 9.77. The third-order valence-corrected chi connectivity index (χ3v) is 3.61. The molecule has 0 aliphatic rings. The van der Waals surface area contributed by atoms with E-state index in [4.69, 9.17) is 0 Å². The molecule has 2 heteroatoms. The van der Waals surface area contributed by atoms with E-state index in [0.29, 0.717) is 11.1 Å². The van der Waals surface area contributed by atoms with Crippen molar-refractivity contribution < 1.29 is 9.90 Å². The SMILES string of the molecule is C=C[C@H](C)[C@](O)(C(=O)c1ccccc1)c1ccccc1. The zero-order chi connectivity index (χ0) is 14.6. The monoisotopic (exact) mass is 266 g/mol. The molecule has 2 rings (SSSR count). The summed E-state index contributed by atoms with van der Waals surface area (Å²) in [5.41, 5.74) is -0.515. The smallest absolute Gasteiger partial charge is 0.199 e. The van der Waals surface area contributed by atoms with Crippen LogP contribution in [0.4, 0.5) is 0 Å². The fraction of sp³-hybridized carbons (Fsp3) is 0.167. The minimum atomic E-state index is -1.59. The molecular formula is C18H18O2. The van der Waals surface area contributed by atoms with Crippen molar-refractivity contribution in [2.24, 2.45) is 5.92 Å². The van der Waals surface area contributed by atoms with Crippen molar-refractivity contribution >= 4 is 5.78 Å². The van der Waals surface area contributed by atoms with Crippen LogP contribution in [-0.4, -0.2) is 10.9 Å². The van der Waals surface area contributed by atoms with E-state index in [-0.39, 0.29) is 5.78 Å². The maximum Gasteiger partial charge on any atom is 0.199 e. The van der Waals surface area contributed by atoms with Gasteiger partial charge >= 0.3 is 0 Å². The van der Waals surface area contributed by atoms with Gasteiger partial charge in [-0.1, -0.05) is 73.7 Å². The quantitative estimate of drug-likeness (QED) is 0.663. The van der Waals surface area contributed by atoms with Crippen LogP contribution in [0.25, 0.3) is 0 Å². The third kappa shape index (κ3) is 2.43. The Balaban J connectivity index is 2.54. The van der Waals surface area contributed by atoms with Crippen LogP contribution in [0.3, 0.4) is 0 Å². The normalized spacial score (nSPS) is 15.1.